The van der Waals surface area contributed by atoms with E-state index in [1.165, 1.54) is 16.9 Å². The summed E-state index contributed by atoms with van der Waals surface area (Å²) in [4.78, 5) is 17.0. The summed E-state index contributed by atoms with van der Waals surface area (Å²) in [5, 5.41) is 3.46. The lowest BCUT2D eigenvalue weighted by Crippen LogP contribution is -2.14. The van der Waals surface area contributed by atoms with E-state index in [1.54, 1.807) is 0 Å². The number of para-hydroxylation sites is 1. The molecule has 0 radical (unpaired) electrons. The lowest BCUT2D eigenvalue weighted by molar-refractivity contribution is 0.102. The molecule has 1 aromatic heterocycles. The third-order valence-electron chi connectivity index (χ3n) is 3.92. The van der Waals surface area contributed by atoms with Crippen LogP contribution in [-0.2, 0) is 5.41 Å². The monoisotopic (exact) mass is 354 g/mol. The Morgan fingerprint density at radius 3 is 2.52 bits per heavy atom. The van der Waals surface area contributed by atoms with Crippen LogP contribution in [-0.4, -0.2) is 17.5 Å². The second-order valence-corrected chi connectivity index (χ2v) is 7.87. The van der Waals surface area contributed by atoms with E-state index >= 15 is 0 Å². The molecule has 0 atom stereocenters. The Hall–Kier alpha value is -2.40. The first-order valence-electron chi connectivity index (χ1n) is 8.32. The van der Waals surface area contributed by atoms with Crippen LogP contribution in [0.1, 0.15) is 43.6 Å². The highest BCUT2D eigenvalue weighted by Crippen LogP contribution is 2.32. The SMILES string of the molecule is CCOc1cccc2sc(NC(=O)c3ccc(C(C)(C)C)cc3)nc12. The average molecular weight is 354 g/mol. The van der Waals surface area contributed by atoms with Crippen molar-refractivity contribution in [1.82, 2.24) is 4.98 Å². The zero-order chi connectivity index (χ0) is 18.0. The van der Waals surface area contributed by atoms with Gasteiger partial charge in [-0.15, -0.1) is 0 Å². The van der Waals surface area contributed by atoms with E-state index < -0.39 is 0 Å². The maximum absolute atomic E-state index is 12.5. The van der Waals surface area contributed by atoms with Crippen LogP contribution in [0.25, 0.3) is 10.2 Å². The highest BCUT2D eigenvalue weighted by atomic mass is 32.1. The molecule has 25 heavy (non-hydrogen) atoms. The van der Waals surface area contributed by atoms with Crippen LogP contribution >= 0.6 is 11.3 Å². The maximum atomic E-state index is 12.5. The Morgan fingerprint density at radius 1 is 1.16 bits per heavy atom. The molecule has 5 heteroatoms. The highest BCUT2D eigenvalue weighted by Gasteiger charge is 2.15. The Bertz CT molecular complexity index is 892. The van der Waals surface area contributed by atoms with E-state index in [2.05, 4.69) is 31.1 Å². The van der Waals surface area contributed by atoms with Crippen LogP contribution in [0, 0.1) is 0 Å². The van der Waals surface area contributed by atoms with Crippen molar-refractivity contribution in [2.75, 3.05) is 11.9 Å². The van der Waals surface area contributed by atoms with Gasteiger partial charge in [-0.2, -0.15) is 0 Å². The molecule has 0 unspecified atom stereocenters. The molecule has 4 nitrogen and oxygen atoms in total. The second-order valence-electron chi connectivity index (χ2n) is 6.84. The van der Waals surface area contributed by atoms with Crippen molar-refractivity contribution in [3.8, 4) is 5.75 Å². The number of nitrogens with one attached hydrogen (secondary N) is 1. The minimum absolute atomic E-state index is 0.0672. The number of aromatic nitrogens is 1. The normalized spacial score (nSPS) is 11.5. The van der Waals surface area contributed by atoms with Crippen LogP contribution in [0.3, 0.4) is 0 Å². The van der Waals surface area contributed by atoms with Crippen molar-refractivity contribution in [3.05, 3.63) is 53.6 Å². The summed E-state index contributed by atoms with van der Waals surface area (Å²) in [5.41, 5.74) is 2.67. The molecule has 3 rings (SSSR count). The number of rotatable bonds is 4. The average Bonchev–Trinajstić information content (AvgIpc) is 2.98. The summed E-state index contributed by atoms with van der Waals surface area (Å²) in [7, 11) is 0. The lowest BCUT2D eigenvalue weighted by atomic mass is 9.87. The molecular formula is C20H22N2O2S. The standard InChI is InChI=1S/C20H22N2O2S/c1-5-24-15-7-6-8-16-17(15)21-19(25-16)22-18(23)13-9-11-14(12-10-13)20(2,3)4/h6-12H,5H2,1-4H3,(H,21,22,23). The first-order chi connectivity index (χ1) is 11.9. The van der Waals surface area contributed by atoms with Gasteiger partial charge in [0.2, 0.25) is 0 Å². The molecule has 0 spiro atoms. The van der Waals surface area contributed by atoms with Crippen molar-refractivity contribution in [2.24, 2.45) is 0 Å². The van der Waals surface area contributed by atoms with Crippen LogP contribution in [0.15, 0.2) is 42.5 Å². The van der Waals surface area contributed by atoms with Gasteiger partial charge in [0.15, 0.2) is 5.13 Å². The zero-order valence-corrected chi connectivity index (χ0v) is 15.7. The predicted molar refractivity (Wildman–Crippen MR) is 104 cm³/mol. The van der Waals surface area contributed by atoms with E-state index in [4.69, 9.17) is 4.74 Å². The topological polar surface area (TPSA) is 51.2 Å². The van der Waals surface area contributed by atoms with Gasteiger partial charge >= 0.3 is 0 Å². The molecule has 0 aliphatic carbocycles. The summed E-state index contributed by atoms with van der Waals surface area (Å²) in [6.45, 7) is 8.98. The largest absolute Gasteiger partial charge is 0.492 e. The molecule has 1 N–H and O–H groups in total. The molecule has 1 amide bonds. The van der Waals surface area contributed by atoms with E-state index in [1.807, 2.05) is 49.4 Å². The predicted octanol–water partition coefficient (Wildman–Crippen LogP) is 5.24. The number of carbonyl (C=O) groups is 1. The molecule has 0 aliphatic heterocycles. The number of ether oxygens (including phenoxy) is 1. The highest BCUT2D eigenvalue weighted by molar-refractivity contribution is 7.22. The number of hydrogen-bond acceptors (Lipinski definition) is 4. The summed E-state index contributed by atoms with van der Waals surface area (Å²) < 4.78 is 6.59. The summed E-state index contributed by atoms with van der Waals surface area (Å²) in [5.74, 6) is 0.587. The van der Waals surface area contributed by atoms with Gasteiger partial charge in [0, 0.05) is 5.56 Å². The van der Waals surface area contributed by atoms with E-state index in [0.717, 1.165) is 16.0 Å². The summed E-state index contributed by atoms with van der Waals surface area (Å²) >= 11 is 1.44. The van der Waals surface area contributed by atoms with Crippen LogP contribution in [0.4, 0.5) is 5.13 Å². The van der Waals surface area contributed by atoms with Crippen molar-refractivity contribution in [1.29, 1.82) is 0 Å². The van der Waals surface area contributed by atoms with Crippen molar-refractivity contribution >= 4 is 32.6 Å². The maximum Gasteiger partial charge on any atom is 0.257 e. The Labute approximate surface area is 151 Å². The minimum Gasteiger partial charge on any atom is -0.492 e. The first kappa shape index (κ1) is 17.4. The summed E-state index contributed by atoms with van der Waals surface area (Å²) in [6.07, 6.45) is 0. The van der Waals surface area contributed by atoms with Gasteiger partial charge in [-0.05, 0) is 42.2 Å². The van der Waals surface area contributed by atoms with E-state index in [0.29, 0.717) is 17.3 Å². The Balaban J connectivity index is 1.81. The lowest BCUT2D eigenvalue weighted by Gasteiger charge is -2.18. The van der Waals surface area contributed by atoms with Gasteiger partial charge in [0.05, 0.1) is 11.3 Å². The molecule has 2 aromatic carbocycles. The molecule has 0 fully saturated rings. The Kier molecular flexibility index (Phi) is 4.77. The number of anilines is 1. The molecule has 3 aromatic rings. The smallest absolute Gasteiger partial charge is 0.257 e. The van der Waals surface area contributed by atoms with Crippen LogP contribution in [0.5, 0.6) is 5.75 Å². The first-order valence-corrected chi connectivity index (χ1v) is 9.14. The third-order valence-corrected chi connectivity index (χ3v) is 4.85. The van der Waals surface area contributed by atoms with Crippen molar-refractivity contribution in [2.45, 2.75) is 33.1 Å². The number of thiazole rings is 1. The second kappa shape index (κ2) is 6.84. The van der Waals surface area contributed by atoms with E-state index in [9.17, 15) is 4.79 Å². The molecule has 0 bridgehead atoms. The van der Waals surface area contributed by atoms with Gasteiger partial charge < -0.3 is 4.74 Å². The number of nitrogens with zero attached hydrogens (tertiary/aromatic N) is 1. The van der Waals surface area contributed by atoms with Crippen LogP contribution in [0.2, 0.25) is 0 Å². The van der Waals surface area contributed by atoms with Gasteiger partial charge in [-0.3, -0.25) is 10.1 Å². The fourth-order valence-corrected chi connectivity index (χ4v) is 3.42. The quantitative estimate of drug-likeness (QED) is 0.696. The van der Waals surface area contributed by atoms with E-state index in [-0.39, 0.29) is 11.3 Å². The van der Waals surface area contributed by atoms with Gasteiger partial charge in [0.1, 0.15) is 11.3 Å². The molecule has 130 valence electrons. The van der Waals surface area contributed by atoms with Gasteiger partial charge in [-0.25, -0.2) is 4.98 Å². The van der Waals surface area contributed by atoms with Gasteiger partial charge in [-0.1, -0.05) is 50.3 Å². The fourth-order valence-electron chi connectivity index (χ4n) is 2.54. The van der Waals surface area contributed by atoms with Crippen molar-refractivity contribution < 1.29 is 9.53 Å². The fraction of sp³-hybridized carbons (Fsp3) is 0.300. The number of hydrogen-bond donors (Lipinski definition) is 1. The molecule has 0 saturated heterocycles. The third kappa shape index (κ3) is 3.82. The van der Waals surface area contributed by atoms with Crippen LogP contribution < -0.4 is 10.1 Å². The summed E-state index contributed by atoms with van der Waals surface area (Å²) in [6, 6.07) is 13.5. The Morgan fingerprint density at radius 2 is 1.88 bits per heavy atom. The molecular weight excluding hydrogens is 332 g/mol. The minimum atomic E-state index is -0.155. The molecule has 1 heterocycles. The molecule has 0 aliphatic rings. The van der Waals surface area contributed by atoms with Crippen molar-refractivity contribution in [3.63, 3.8) is 0 Å². The number of amides is 1. The number of benzene rings is 2. The van der Waals surface area contributed by atoms with Gasteiger partial charge in [0.25, 0.3) is 5.91 Å². The molecule has 0 saturated carbocycles. The number of fused-ring (bicyclic) bond motifs is 1. The number of carbonyl (C=O) groups excluding carboxylic acids is 1. The zero-order valence-electron chi connectivity index (χ0n) is 14.9.